The molecule has 2 saturated heterocycles. The maximum atomic E-state index is 11.9. The Labute approximate surface area is 220 Å². The van der Waals surface area contributed by atoms with Crippen LogP contribution in [0.25, 0.3) is 9.69 Å². The number of halogens is 2. The molecule has 2 N–H and O–H groups in total. The minimum Gasteiger partial charge on any atom is -0.391 e. The first-order valence-electron chi connectivity index (χ1n) is 11.4. The molecule has 0 saturated carbocycles. The second-order valence-electron chi connectivity index (χ2n) is 8.72. The Morgan fingerprint density at radius 2 is 1.17 bits per heavy atom. The molecule has 2 aromatic carbocycles. The molecule has 0 radical (unpaired) electrons. The van der Waals surface area contributed by atoms with E-state index in [1.54, 1.807) is 60.0 Å². The largest absolute Gasteiger partial charge is 0.391 e. The summed E-state index contributed by atoms with van der Waals surface area (Å²) in [7, 11) is 0. The number of amides is 2. The Morgan fingerprint density at radius 3 is 1.44 bits per heavy atom. The van der Waals surface area contributed by atoms with Crippen molar-refractivity contribution in [1.29, 1.82) is 0 Å². The number of aliphatic hydroxyl groups is 2. The Hall–Kier alpha value is -3.14. The number of carbonyl (C=O) groups is 2. The Bertz CT molecular complexity index is 1140. The van der Waals surface area contributed by atoms with E-state index in [-0.39, 0.29) is 23.9 Å². The Balaban J connectivity index is 0.000000201. The van der Waals surface area contributed by atoms with Crippen molar-refractivity contribution in [2.24, 2.45) is 0 Å². The van der Waals surface area contributed by atoms with Crippen LogP contribution in [0.3, 0.4) is 0 Å². The van der Waals surface area contributed by atoms with E-state index in [0.717, 1.165) is 0 Å². The molecule has 10 heteroatoms. The highest BCUT2D eigenvalue weighted by Crippen LogP contribution is 2.35. The predicted molar refractivity (Wildman–Crippen MR) is 140 cm³/mol. The van der Waals surface area contributed by atoms with Gasteiger partial charge in [0.05, 0.1) is 37.4 Å². The lowest BCUT2D eigenvalue weighted by atomic mass is 10.1. The minimum atomic E-state index is -0.587. The normalized spacial score (nSPS) is 20.9. The van der Waals surface area contributed by atoms with E-state index in [1.807, 2.05) is 0 Å². The molecule has 8 nitrogen and oxygen atoms in total. The van der Waals surface area contributed by atoms with Crippen molar-refractivity contribution in [3.63, 3.8) is 0 Å². The molecule has 188 valence electrons. The Kier molecular flexibility index (Phi) is 8.94. The van der Waals surface area contributed by atoms with Crippen LogP contribution in [0, 0.1) is 13.1 Å². The van der Waals surface area contributed by atoms with Gasteiger partial charge in [-0.25, -0.2) is 9.69 Å². The molecule has 0 spiro atoms. The van der Waals surface area contributed by atoms with E-state index in [4.69, 9.17) is 36.3 Å². The lowest BCUT2D eigenvalue weighted by molar-refractivity contribution is -0.118. The van der Waals surface area contributed by atoms with Gasteiger partial charge in [-0.3, -0.25) is 9.59 Å². The number of hydrogen-bond acceptors (Lipinski definition) is 4. The molecule has 4 rings (SSSR count). The SMILES string of the molecule is [C-]#[N+]c1ccc(N2C(=O)CC[C@@H]2[C@@H](C)O)cc1Cl.[C-]#[N+]c1ccc(N2C(=O)CC[C@@H]2[C@H](C)O)cc1Cl. The van der Waals surface area contributed by atoms with Gasteiger partial charge < -0.3 is 20.0 Å². The summed E-state index contributed by atoms with van der Waals surface area (Å²) in [5, 5.41) is 20.0. The molecular formula is C26H26Cl2N4O4. The summed E-state index contributed by atoms with van der Waals surface area (Å²) in [6.07, 6.45) is 0.957. The number of benzene rings is 2. The minimum absolute atomic E-state index is 0.0208. The van der Waals surface area contributed by atoms with Gasteiger partial charge in [0, 0.05) is 34.3 Å². The molecule has 2 amide bonds. The Morgan fingerprint density at radius 1 is 0.806 bits per heavy atom. The fourth-order valence-electron chi connectivity index (χ4n) is 4.47. The van der Waals surface area contributed by atoms with E-state index in [2.05, 4.69) is 9.69 Å². The third kappa shape index (κ3) is 5.80. The van der Waals surface area contributed by atoms with Crippen molar-refractivity contribution in [1.82, 2.24) is 0 Å². The maximum Gasteiger partial charge on any atom is 0.227 e. The van der Waals surface area contributed by atoms with Gasteiger partial charge in [-0.1, -0.05) is 35.3 Å². The summed E-state index contributed by atoms with van der Waals surface area (Å²) < 4.78 is 0. The van der Waals surface area contributed by atoms with Gasteiger partial charge in [0.15, 0.2) is 0 Å². The van der Waals surface area contributed by atoms with Crippen molar-refractivity contribution in [2.75, 3.05) is 9.80 Å². The van der Waals surface area contributed by atoms with E-state index in [1.165, 1.54) is 0 Å². The lowest BCUT2D eigenvalue weighted by Gasteiger charge is -2.27. The van der Waals surface area contributed by atoms with Gasteiger partial charge in [0.1, 0.15) is 0 Å². The average molecular weight is 529 g/mol. The molecule has 0 aromatic heterocycles. The highest BCUT2D eigenvalue weighted by Gasteiger charge is 2.36. The fourth-order valence-corrected chi connectivity index (χ4v) is 4.90. The van der Waals surface area contributed by atoms with Crippen molar-refractivity contribution in [2.45, 2.75) is 63.8 Å². The first-order valence-corrected chi connectivity index (χ1v) is 12.2. The van der Waals surface area contributed by atoms with Crippen molar-refractivity contribution in [3.8, 4) is 0 Å². The standard InChI is InChI=1S/2C13H13ClN2O2/c2*1-8(17)12-5-6-13(18)16(12)9-3-4-11(15-2)10(14)7-9/h2*3-4,7-8,12,17H,5-6H2,1H3/t8-,12+;8-,12-/m01/s1. The van der Waals surface area contributed by atoms with E-state index in [9.17, 15) is 19.8 Å². The van der Waals surface area contributed by atoms with Crippen LogP contribution in [0.2, 0.25) is 10.0 Å². The van der Waals surface area contributed by atoms with E-state index >= 15 is 0 Å². The van der Waals surface area contributed by atoms with Gasteiger partial charge in [-0.15, -0.1) is 0 Å². The molecule has 2 heterocycles. The fraction of sp³-hybridized carbons (Fsp3) is 0.385. The molecule has 2 fully saturated rings. The van der Waals surface area contributed by atoms with Gasteiger partial charge in [0.25, 0.3) is 0 Å². The number of aliphatic hydroxyl groups excluding tert-OH is 2. The quantitative estimate of drug-likeness (QED) is 0.510. The predicted octanol–water partition coefficient (Wildman–Crippen LogP) is 5.53. The second kappa shape index (κ2) is 11.7. The van der Waals surface area contributed by atoms with Gasteiger partial charge in [0.2, 0.25) is 23.2 Å². The molecular weight excluding hydrogens is 503 g/mol. The van der Waals surface area contributed by atoms with Crippen LogP contribution < -0.4 is 9.80 Å². The highest BCUT2D eigenvalue weighted by molar-refractivity contribution is 6.34. The van der Waals surface area contributed by atoms with Crippen LogP contribution in [-0.4, -0.2) is 46.3 Å². The molecule has 0 bridgehead atoms. The summed E-state index contributed by atoms with van der Waals surface area (Å²) >= 11 is 11.9. The molecule has 2 aliphatic rings. The molecule has 36 heavy (non-hydrogen) atoms. The number of hydrogen-bond donors (Lipinski definition) is 2. The van der Waals surface area contributed by atoms with Crippen molar-refractivity contribution >= 4 is 57.8 Å². The van der Waals surface area contributed by atoms with Crippen molar-refractivity contribution < 1.29 is 19.8 Å². The zero-order valence-corrected chi connectivity index (χ0v) is 21.4. The van der Waals surface area contributed by atoms with Crippen LogP contribution >= 0.6 is 23.2 Å². The molecule has 2 aromatic rings. The third-order valence-corrected chi connectivity index (χ3v) is 6.89. The highest BCUT2D eigenvalue weighted by atomic mass is 35.5. The monoisotopic (exact) mass is 528 g/mol. The number of rotatable bonds is 4. The summed E-state index contributed by atoms with van der Waals surface area (Å²) in [4.78, 5) is 33.4. The van der Waals surface area contributed by atoms with Crippen LogP contribution in [0.5, 0.6) is 0 Å². The molecule has 0 aliphatic carbocycles. The summed E-state index contributed by atoms with van der Waals surface area (Å²) in [6, 6.07) is 9.35. The van der Waals surface area contributed by atoms with Gasteiger partial charge in [-0.05, 0) is 51.0 Å². The van der Waals surface area contributed by atoms with Crippen LogP contribution in [0.1, 0.15) is 39.5 Å². The van der Waals surface area contributed by atoms with E-state index < -0.39 is 12.2 Å². The summed E-state index contributed by atoms with van der Waals surface area (Å²) in [6.45, 7) is 17.2. The second-order valence-corrected chi connectivity index (χ2v) is 9.53. The van der Waals surface area contributed by atoms with E-state index in [0.29, 0.717) is 58.5 Å². The first-order chi connectivity index (χ1) is 17.1. The molecule has 4 atom stereocenters. The zero-order chi connectivity index (χ0) is 26.6. The summed E-state index contributed by atoms with van der Waals surface area (Å²) in [5.41, 5.74) is 2.00. The van der Waals surface area contributed by atoms with Crippen LogP contribution in [0.15, 0.2) is 36.4 Å². The number of carbonyl (C=O) groups excluding carboxylic acids is 2. The third-order valence-electron chi connectivity index (χ3n) is 6.28. The van der Waals surface area contributed by atoms with Gasteiger partial charge in [-0.2, -0.15) is 0 Å². The van der Waals surface area contributed by atoms with Crippen LogP contribution in [0.4, 0.5) is 22.7 Å². The lowest BCUT2D eigenvalue weighted by Crippen LogP contribution is -2.39. The van der Waals surface area contributed by atoms with Gasteiger partial charge >= 0.3 is 0 Å². The maximum absolute atomic E-state index is 11.9. The number of anilines is 2. The zero-order valence-electron chi connectivity index (χ0n) is 19.9. The summed E-state index contributed by atoms with van der Waals surface area (Å²) in [5.74, 6) is -0.0416. The molecule has 0 unspecified atom stereocenters. The van der Waals surface area contributed by atoms with Crippen LogP contribution in [-0.2, 0) is 9.59 Å². The topological polar surface area (TPSA) is 89.8 Å². The average Bonchev–Trinajstić information content (AvgIpc) is 3.42. The smallest absolute Gasteiger partial charge is 0.227 e. The first kappa shape index (κ1) is 27.4. The number of nitrogens with zero attached hydrogens (tertiary/aromatic N) is 4. The molecule has 2 aliphatic heterocycles. The van der Waals surface area contributed by atoms with Crippen molar-refractivity contribution in [3.05, 3.63) is 69.3 Å².